The Kier molecular flexibility index (Phi) is 8.87. The van der Waals surface area contributed by atoms with Crippen LogP contribution in [0.1, 0.15) is 0 Å². The highest BCUT2D eigenvalue weighted by Gasteiger charge is 2.46. The van der Waals surface area contributed by atoms with Gasteiger partial charge >= 0.3 is 0 Å². The van der Waals surface area contributed by atoms with E-state index in [0.29, 0.717) is 0 Å². The predicted octanol–water partition coefficient (Wildman–Crippen LogP) is -3.07. The molecule has 3 heterocycles. The monoisotopic (exact) mass is 626 g/mol. The van der Waals surface area contributed by atoms with Gasteiger partial charge in [0.2, 0.25) is 23.8 Å². The second-order valence-corrected chi connectivity index (χ2v) is 10.2. The third-order valence-electron chi connectivity index (χ3n) is 7.33. The van der Waals surface area contributed by atoms with Crippen LogP contribution in [-0.4, -0.2) is 131 Å². The molecule has 0 saturated carbocycles. The van der Waals surface area contributed by atoms with Crippen molar-refractivity contribution in [1.29, 1.82) is 0 Å². The van der Waals surface area contributed by atoms with Crippen LogP contribution in [0.2, 0.25) is 0 Å². The highest BCUT2D eigenvalue weighted by atomic mass is 16.7. The smallest absolute Gasteiger partial charge is 0.239 e. The van der Waals surface area contributed by atoms with Gasteiger partial charge in [0, 0.05) is 17.7 Å². The SMILES string of the molecule is O=c1c(O[C@@H]2O[C@H](CO)[C@H](O)[C@@H](O)[C@H]2O)c(-c2ccc(O)c(O)c2)oc2cc(O[C@H]3O[C@@H](CO)[C@H](O)[C@H](O)[C@H]3O)cc(O)c12. The molecule has 2 saturated heterocycles. The molecule has 5 rings (SSSR count). The number of ether oxygens (including phenoxy) is 4. The van der Waals surface area contributed by atoms with Crippen LogP contribution >= 0.6 is 0 Å². The van der Waals surface area contributed by atoms with Crippen LogP contribution in [0.3, 0.4) is 0 Å². The van der Waals surface area contributed by atoms with Crippen molar-refractivity contribution < 1.29 is 79.5 Å². The largest absolute Gasteiger partial charge is 0.507 e. The van der Waals surface area contributed by atoms with Crippen LogP contribution in [0.5, 0.6) is 28.7 Å². The summed E-state index contributed by atoms with van der Waals surface area (Å²) in [6.07, 6.45) is -17.0. The van der Waals surface area contributed by atoms with E-state index in [0.717, 1.165) is 24.3 Å². The van der Waals surface area contributed by atoms with Crippen molar-refractivity contribution >= 4 is 11.0 Å². The van der Waals surface area contributed by atoms with Crippen LogP contribution in [0.4, 0.5) is 0 Å². The fraction of sp³-hybridized carbons (Fsp3) is 0.444. The number of aliphatic hydroxyl groups is 8. The van der Waals surface area contributed by atoms with E-state index in [4.69, 9.17) is 23.4 Å². The summed E-state index contributed by atoms with van der Waals surface area (Å²) in [5, 5.41) is 110. The maximum Gasteiger partial charge on any atom is 0.239 e. The first-order valence-electron chi connectivity index (χ1n) is 13.2. The zero-order chi connectivity index (χ0) is 32.0. The lowest BCUT2D eigenvalue weighted by Crippen LogP contribution is -2.60. The summed E-state index contributed by atoms with van der Waals surface area (Å²) >= 11 is 0. The molecule has 0 aliphatic carbocycles. The molecule has 10 atom stereocenters. The minimum atomic E-state index is -1.94. The molecule has 17 nitrogen and oxygen atoms in total. The van der Waals surface area contributed by atoms with Gasteiger partial charge < -0.3 is 79.5 Å². The highest BCUT2D eigenvalue weighted by molar-refractivity contribution is 5.88. The minimum absolute atomic E-state index is 0.0707. The second kappa shape index (κ2) is 12.3. The van der Waals surface area contributed by atoms with Gasteiger partial charge in [0.1, 0.15) is 71.3 Å². The zero-order valence-electron chi connectivity index (χ0n) is 22.4. The average Bonchev–Trinajstić information content (AvgIpc) is 2.99. The van der Waals surface area contributed by atoms with Gasteiger partial charge in [-0.05, 0) is 18.2 Å². The van der Waals surface area contributed by atoms with Gasteiger partial charge in [0.15, 0.2) is 17.3 Å². The van der Waals surface area contributed by atoms with Crippen LogP contribution in [0.15, 0.2) is 39.5 Å². The van der Waals surface area contributed by atoms with Crippen molar-refractivity contribution in [3.05, 3.63) is 40.6 Å². The van der Waals surface area contributed by atoms with Crippen LogP contribution in [0, 0.1) is 0 Å². The number of phenols is 3. The molecular formula is C27H30O17. The third kappa shape index (κ3) is 5.61. The minimum Gasteiger partial charge on any atom is -0.507 e. The van der Waals surface area contributed by atoms with Crippen molar-refractivity contribution in [3.8, 4) is 40.1 Å². The Bertz CT molecular complexity index is 1550. The summed E-state index contributed by atoms with van der Waals surface area (Å²) in [6, 6.07) is 5.27. The molecule has 2 aromatic carbocycles. The molecule has 11 N–H and O–H groups in total. The topological polar surface area (TPSA) is 290 Å². The van der Waals surface area contributed by atoms with E-state index in [9.17, 15) is 61.0 Å². The summed E-state index contributed by atoms with van der Waals surface area (Å²) in [6.45, 7) is -1.53. The molecule has 0 radical (unpaired) electrons. The molecule has 1 aromatic heterocycles. The fourth-order valence-electron chi connectivity index (χ4n) is 4.87. The number of aromatic hydroxyl groups is 3. The van der Waals surface area contributed by atoms with E-state index in [1.54, 1.807) is 0 Å². The van der Waals surface area contributed by atoms with E-state index < -0.39 is 114 Å². The lowest BCUT2D eigenvalue weighted by atomic mass is 9.99. The first kappa shape index (κ1) is 31.7. The number of hydrogen-bond donors (Lipinski definition) is 11. The van der Waals surface area contributed by atoms with Gasteiger partial charge in [-0.25, -0.2) is 0 Å². The molecule has 3 aromatic rings. The lowest BCUT2D eigenvalue weighted by molar-refractivity contribution is -0.277. The maximum absolute atomic E-state index is 13.7. The van der Waals surface area contributed by atoms with Crippen LogP contribution in [0.25, 0.3) is 22.3 Å². The quantitative estimate of drug-likeness (QED) is 0.116. The van der Waals surface area contributed by atoms with E-state index >= 15 is 0 Å². The van der Waals surface area contributed by atoms with Gasteiger partial charge in [0.05, 0.1) is 13.2 Å². The summed E-state index contributed by atoms with van der Waals surface area (Å²) in [7, 11) is 0. The lowest BCUT2D eigenvalue weighted by Gasteiger charge is -2.39. The van der Waals surface area contributed by atoms with Gasteiger partial charge in [-0.15, -0.1) is 0 Å². The second-order valence-electron chi connectivity index (χ2n) is 10.2. The van der Waals surface area contributed by atoms with Crippen molar-refractivity contribution in [1.82, 2.24) is 0 Å². The zero-order valence-corrected chi connectivity index (χ0v) is 22.4. The summed E-state index contributed by atoms with van der Waals surface area (Å²) < 4.78 is 27.6. The third-order valence-corrected chi connectivity index (χ3v) is 7.33. The first-order valence-corrected chi connectivity index (χ1v) is 13.2. The molecule has 44 heavy (non-hydrogen) atoms. The number of fused-ring (bicyclic) bond motifs is 1. The van der Waals surface area contributed by atoms with Crippen molar-refractivity contribution in [3.63, 3.8) is 0 Å². The van der Waals surface area contributed by atoms with Crippen molar-refractivity contribution in [2.75, 3.05) is 13.2 Å². The number of rotatable bonds is 7. The standard InChI is InChI=1S/C27H30O17/c28-6-14-17(33)20(36)22(38)26(42-14)40-9-4-12(32)16-13(5-9)41-24(8-1-2-10(30)11(31)3-8)25(19(16)35)44-27-23(39)21(37)18(34)15(7-29)43-27/h1-5,14-15,17-18,20-23,26-34,36-39H,6-7H2/t14-,15+,17-,18-,20-,21+,22+,23+,26-,27-/m0/s1. The van der Waals surface area contributed by atoms with Crippen LogP contribution in [-0.2, 0) is 9.47 Å². The molecule has 17 heteroatoms. The molecule has 0 spiro atoms. The molecule has 2 fully saturated rings. The molecule has 0 amide bonds. The molecular weight excluding hydrogens is 596 g/mol. The number of phenolic OH excluding ortho intramolecular Hbond substituents is 3. The molecule has 2 aliphatic heterocycles. The molecule has 240 valence electrons. The highest BCUT2D eigenvalue weighted by Crippen LogP contribution is 2.40. The number of hydrogen-bond acceptors (Lipinski definition) is 17. The van der Waals surface area contributed by atoms with E-state index in [2.05, 4.69) is 0 Å². The Balaban J connectivity index is 1.60. The van der Waals surface area contributed by atoms with Gasteiger partial charge in [0.25, 0.3) is 0 Å². The Morgan fingerprint density at radius 2 is 1.23 bits per heavy atom. The van der Waals surface area contributed by atoms with Gasteiger partial charge in [-0.1, -0.05) is 0 Å². The van der Waals surface area contributed by atoms with E-state index in [1.807, 2.05) is 0 Å². The van der Waals surface area contributed by atoms with E-state index in [1.165, 1.54) is 6.07 Å². The molecule has 0 unspecified atom stereocenters. The fourth-order valence-corrected chi connectivity index (χ4v) is 4.87. The summed E-state index contributed by atoms with van der Waals surface area (Å²) in [5.74, 6) is -3.35. The van der Waals surface area contributed by atoms with Crippen molar-refractivity contribution in [2.24, 2.45) is 0 Å². The average molecular weight is 627 g/mol. The number of aliphatic hydroxyl groups excluding tert-OH is 8. The Hall–Kier alpha value is -3.75. The Morgan fingerprint density at radius 1 is 0.659 bits per heavy atom. The van der Waals surface area contributed by atoms with Gasteiger partial charge in [-0.2, -0.15) is 0 Å². The van der Waals surface area contributed by atoms with Crippen molar-refractivity contribution in [2.45, 2.75) is 61.4 Å². The summed E-state index contributed by atoms with van der Waals surface area (Å²) in [5.41, 5.74) is -1.50. The van der Waals surface area contributed by atoms with Crippen LogP contribution < -0.4 is 14.9 Å². The maximum atomic E-state index is 13.7. The number of benzene rings is 2. The Morgan fingerprint density at radius 3 is 1.77 bits per heavy atom. The summed E-state index contributed by atoms with van der Waals surface area (Å²) in [4.78, 5) is 13.7. The van der Waals surface area contributed by atoms with Gasteiger partial charge in [-0.3, -0.25) is 4.79 Å². The molecule has 2 aliphatic rings. The Labute approximate surface area is 246 Å². The first-order chi connectivity index (χ1) is 20.9. The van der Waals surface area contributed by atoms with E-state index in [-0.39, 0.29) is 16.9 Å². The molecule has 0 bridgehead atoms. The predicted molar refractivity (Wildman–Crippen MR) is 142 cm³/mol. The normalized spacial score (nSPS) is 32.5.